The van der Waals surface area contributed by atoms with Crippen molar-refractivity contribution in [3.05, 3.63) is 193 Å². The Morgan fingerprint density at radius 1 is 0.375 bits per heavy atom. The fourth-order valence-corrected chi connectivity index (χ4v) is 7.66. The molecule has 0 fully saturated rings. The maximum absolute atomic E-state index is 2.36. The molecule has 0 aromatic heterocycles. The molecule has 226 valence electrons. The van der Waals surface area contributed by atoms with Gasteiger partial charge in [0.05, 0.1) is 0 Å². The Morgan fingerprint density at radius 3 is 1.67 bits per heavy atom. The highest BCUT2D eigenvalue weighted by atomic mass is 14.2. The van der Waals surface area contributed by atoms with E-state index in [1.54, 1.807) is 0 Å². The van der Waals surface area contributed by atoms with Crippen LogP contribution in [0.1, 0.15) is 24.0 Å². The van der Waals surface area contributed by atoms with Crippen LogP contribution >= 0.6 is 0 Å². The molecule has 0 aliphatic heterocycles. The van der Waals surface area contributed by atoms with Gasteiger partial charge >= 0.3 is 0 Å². The normalized spacial score (nSPS) is 13.4. The van der Waals surface area contributed by atoms with Crippen molar-refractivity contribution in [3.63, 3.8) is 0 Å². The average molecular weight is 611 g/mol. The number of benzene rings is 8. The molecule has 0 amide bonds. The second kappa shape index (κ2) is 12.0. The summed E-state index contributed by atoms with van der Waals surface area (Å²) in [6.07, 6.45) is 11.3. The SMILES string of the molecule is C(=Cc1ccc(-c2ccccc2)c2ccccc12)C1=CC=C(c2c3ccccc3c(-c3ccc4ccccc4c3)c3ccccc23)CC1. The van der Waals surface area contributed by atoms with E-state index in [1.165, 1.54) is 87.6 Å². The molecule has 0 unspecified atom stereocenters. The predicted molar refractivity (Wildman–Crippen MR) is 208 cm³/mol. The summed E-state index contributed by atoms with van der Waals surface area (Å²) in [4.78, 5) is 0. The molecule has 0 nitrogen and oxygen atoms in total. The van der Waals surface area contributed by atoms with E-state index in [-0.39, 0.29) is 0 Å². The lowest BCUT2D eigenvalue weighted by atomic mass is 9.83. The van der Waals surface area contributed by atoms with Gasteiger partial charge in [-0.25, -0.2) is 0 Å². The summed E-state index contributed by atoms with van der Waals surface area (Å²) in [5, 5.41) is 10.4. The third-order valence-corrected chi connectivity index (χ3v) is 9.99. The van der Waals surface area contributed by atoms with Crippen LogP contribution in [0.2, 0.25) is 0 Å². The zero-order chi connectivity index (χ0) is 31.9. The van der Waals surface area contributed by atoms with Gasteiger partial charge in [-0.2, -0.15) is 0 Å². The number of hydrogen-bond acceptors (Lipinski definition) is 0. The largest absolute Gasteiger partial charge is 0.0622 e. The van der Waals surface area contributed by atoms with Gasteiger partial charge in [-0.05, 0) is 107 Å². The lowest BCUT2D eigenvalue weighted by molar-refractivity contribution is 1.01. The molecule has 1 aliphatic rings. The average Bonchev–Trinajstić information content (AvgIpc) is 3.16. The fraction of sp³-hybridized carbons (Fsp3) is 0.0417. The maximum Gasteiger partial charge on any atom is -0.00262 e. The Hall–Kier alpha value is -5.98. The molecule has 0 heteroatoms. The lowest BCUT2D eigenvalue weighted by Gasteiger charge is -2.21. The minimum atomic E-state index is 1.01. The van der Waals surface area contributed by atoms with Gasteiger partial charge in [0.1, 0.15) is 0 Å². The van der Waals surface area contributed by atoms with Crippen molar-refractivity contribution >= 4 is 54.7 Å². The van der Waals surface area contributed by atoms with Gasteiger partial charge in [0.15, 0.2) is 0 Å². The van der Waals surface area contributed by atoms with Crippen LogP contribution in [0.3, 0.4) is 0 Å². The molecule has 9 rings (SSSR count). The van der Waals surface area contributed by atoms with Crippen molar-refractivity contribution in [2.45, 2.75) is 12.8 Å². The highest BCUT2D eigenvalue weighted by Crippen LogP contribution is 2.44. The van der Waals surface area contributed by atoms with Crippen molar-refractivity contribution < 1.29 is 0 Å². The predicted octanol–water partition coefficient (Wildman–Crippen LogP) is 13.5. The van der Waals surface area contributed by atoms with Gasteiger partial charge in [-0.3, -0.25) is 0 Å². The number of hydrogen-bond donors (Lipinski definition) is 0. The van der Waals surface area contributed by atoms with Crippen molar-refractivity contribution in [2.75, 3.05) is 0 Å². The fourth-order valence-electron chi connectivity index (χ4n) is 7.66. The van der Waals surface area contributed by atoms with Gasteiger partial charge < -0.3 is 0 Å². The molecule has 0 saturated carbocycles. The van der Waals surface area contributed by atoms with E-state index in [0.29, 0.717) is 0 Å². The van der Waals surface area contributed by atoms with E-state index in [4.69, 9.17) is 0 Å². The highest BCUT2D eigenvalue weighted by molar-refractivity contribution is 6.19. The number of rotatable bonds is 5. The van der Waals surface area contributed by atoms with Gasteiger partial charge in [-0.15, -0.1) is 0 Å². The van der Waals surface area contributed by atoms with Crippen molar-refractivity contribution in [1.29, 1.82) is 0 Å². The molecule has 8 aromatic carbocycles. The van der Waals surface area contributed by atoms with Gasteiger partial charge in [0.2, 0.25) is 0 Å². The van der Waals surface area contributed by atoms with Crippen LogP contribution in [-0.4, -0.2) is 0 Å². The second-order valence-corrected chi connectivity index (χ2v) is 12.8. The zero-order valence-corrected chi connectivity index (χ0v) is 26.7. The van der Waals surface area contributed by atoms with E-state index in [2.05, 4.69) is 182 Å². The summed E-state index contributed by atoms with van der Waals surface area (Å²) < 4.78 is 0. The minimum absolute atomic E-state index is 1.01. The van der Waals surface area contributed by atoms with Crippen LogP contribution in [0.25, 0.3) is 77.0 Å². The molecule has 0 spiro atoms. The first-order chi connectivity index (χ1) is 23.8. The monoisotopic (exact) mass is 610 g/mol. The van der Waals surface area contributed by atoms with E-state index in [9.17, 15) is 0 Å². The third kappa shape index (κ3) is 4.94. The second-order valence-electron chi connectivity index (χ2n) is 12.8. The topological polar surface area (TPSA) is 0 Å². The molecule has 8 aromatic rings. The smallest absolute Gasteiger partial charge is 0.00262 e. The molecule has 0 heterocycles. The molecular formula is C48H34. The van der Waals surface area contributed by atoms with E-state index in [0.717, 1.165) is 12.8 Å². The first-order valence-corrected chi connectivity index (χ1v) is 16.9. The summed E-state index contributed by atoms with van der Waals surface area (Å²) in [5.41, 5.74) is 10.5. The first-order valence-electron chi connectivity index (χ1n) is 16.9. The van der Waals surface area contributed by atoms with Gasteiger partial charge in [-0.1, -0.05) is 176 Å². The van der Waals surface area contributed by atoms with E-state index < -0.39 is 0 Å². The number of allylic oxidation sites excluding steroid dienone is 5. The van der Waals surface area contributed by atoms with Crippen LogP contribution in [0.4, 0.5) is 0 Å². The number of fused-ring (bicyclic) bond motifs is 4. The standard InChI is InChI=1S/C48H34/c1-2-13-35(14-3-1)41-31-30-36(40-16-6-7-17-42(40)41)25-22-33-23-26-37(27-24-33)47-43-18-8-10-20-45(43)48(46-21-11-9-19-44(46)47)39-29-28-34-12-4-5-15-38(34)32-39/h1-23,25-26,28-32H,24,27H2. The summed E-state index contributed by atoms with van der Waals surface area (Å²) >= 11 is 0. The summed E-state index contributed by atoms with van der Waals surface area (Å²) in [5.74, 6) is 0. The van der Waals surface area contributed by atoms with Crippen LogP contribution in [0.15, 0.2) is 182 Å². The summed E-state index contributed by atoms with van der Waals surface area (Å²) in [6.45, 7) is 0. The van der Waals surface area contributed by atoms with Crippen molar-refractivity contribution in [3.8, 4) is 22.3 Å². The lowest BCUT2D eigenvalue weighted by Crippen LogP contribution is -1.97. The van der Waals surface area contributed by atoms with Gasteiger partial charge in [0.25, 0.3) is 0 Å². The van der Waals surface area contributed by atoms with E-state index in [1.807, 2.05) is 0 Å². The van der Waals surface area contributed by atoms with Gasteiger partial charge in [0, 0.05) is 0 Å². The quantitative estimate of drug-likeness (QED) is 0.170. The molecule has 0 atom stereocenters. The van der Waals surface area contributed by atoms with Crippen LogP contribution in [0, 0.1) is 0 Å². The summed E-state index contributed by atoms with van der Waals surface area (Å²) in [6, 6.07) is 57.5. The van der Waals surface area contributed by atoms with Crippen LogP contribution < -0.4 is 0 Å². The third-order valence-electron chi connectivity index (χ3n) is 9.99. The Labute approximate surface area is 281 Å². The molecule has 0 N–H and O–H groups in total. The molecular weight excluding hydrogens is 577 g/mol. The Kier molecular flexibility index (Phi) is 7.06. The highest BCUT2D eigenvalue weighted by Gasteiger charge is 2.19. The zero-order valence-electron chi connectivity index (χ0n) is 26.7. The molecule has 0 radical (unpaired) electrons. The molecule has 48 heavy (non-hydrogen) atoms. The maximum atomic E-state index is 2.36. The summed E-state index contributed by atoms with van der Waals surface area (Å²) in [7, 11) is 0. The van der Waals surface area contributed by atoms with Crippen LogP contribution in [-0.2, 0) is 0 Å². The minimum Gasteiger partial charge on any atom is -0.0622 e. The van der Waals surface area contributed by atoms with Crippen molar-refractivity contribution in [1.82, 2.24) is 0 Å². The Morgan fingerprint density at radius 2 is 0.979 bits per heavy atom. The molecule has 0 bridgehead atoms. The molecule has 1 aliphatic carbocycles. The Balaban J connectivity index is 1.12. The van der Waals surface area contributed by atoms with Crippen LogP contribution in [0.5, 0.6) is 0 Å². The molecule has 0 saturated heterocycles. The van der Waals surface area contributed by atoms with E-state index >= 15 is 0 Å². The Bertz CT molecular complexity index is 2540. The first kappa shape index (κ1) is 28.3. The van der Waals surface area contributed by atoms with Crippen molar-refractivity contribution in [2.24, 2.45) is 0 Å².